The lowest BCUT2D eigenvalue weighted by Crippen LogP contribution is -2.39. The summed E-state index contributed by atoms with van der Waals surface area (Å²) in [6, 6.07) is 12.4. The van der Waals surface area contributed by atoms with Crippen LogP contribution in [0.4, 0.5) is 5.82 Å². The highest BCUT2D eigenvalue weighted by atomic mass is 15.5. The quantitative estimate of drug-likeness (QED) is 0.868. The Hall–Kier alpha value is -2.35. The fraction of sp³-hybridized carbons (Fsp3) is 0.438. The molecule has 0 bridgehead atoms. The molecule has 2 heterocycles. The third kappa shape index (κ3) is 2.62. The Bertz CT molecular complexity index is 640. The van der Waals surface area contributed by atoms with Crippen molar-refractivity contribution in [1.29, 1.82) is 5.26 Å². The summed E-state index contributed by atoms with van der Waals surface area (Å²) in [6.45, 7) is 3.15. The summed E-state index contributed by atoms with van der Waals surface area (Å²) in [5, 5.41) is 18.3. The number of rotatable bonds is 3. The maximum Gasteiger partial charge on any atom is 0.207 e. The summed E-state index contributed by atoms with van der Waals surface area (Å²) in [4.78, 5) is 3.82. The van der Waals surface area contributed by atoms with Crippen LogP contribution in [0.15, 0.2) is 30.3 Å². The van der Waals surface area contributed by atoms with Gasteiger partial charge in [0.25, 0.3) is 0 Å². The van der Waals surface area contributed by atoms with Gasteiger partial charge in [-0.05, 0) is 37.8 Å². The number of anilines is 1. The molecular formula is C16H19N5. The first-order valence-electron chi connectivity index (χ1n) is 7.53. The molecule has 0 radical (unpaired) electrons. The van der Waals surface area contributed by atoms with E-state index in [-0.39, 0.29) is 0 Å². The number of nitriles is 1. The van der Waals surface area contributed by atoms with Crippen LogP contribution in [0.1, 0.15) is 38.3 Å². The SMILES string of the molecule is CCC1CCCCN1c1nn(-c2ccccc2)nc1C#N. The van der Waals surface area contributed by atoms with Gasteiger partial charge in [0.05, 0.1) is 5.69 Å². The number of piperidine rings is 1. The summed E-state index contributed by atoms with van der Waals surface area (Å²) in [5.74, 6) is 0.730. The molecule has 108 valence electrons. The van der Waals surface area contributed by atoms with Crippen LogP contribution in [-0.4, -0.2) is 27.6 Å². The van der Waals surface area contributed by atoms with Crippen LogP contribution in [0.2, 0.25) is 0 Å². The first-order chi connectivity index (χ1) is 10.3. The van der Waals surface area contributed by atoms with Crippen LogP contribution in [0.5, 0.6) is 0 Å². The van der Waals surface area contributed by atoms with E-state index in [1.807, 2.05) is 30.3 Å². The molecule has 1 aliphatic heterocycles. The molecule has 1 aromatic carbocycles. The van der Waals surface area contributed by atoms with Crippen LogP contribution < -0.4 is 4.90 Å². The second kappa shape index (κ2) is 5.96. The van der Waals surface area contributed by atoms with Gasteiger partial charge in [0, 0.05) is 12.6 Å². The molecule has 1 aromatic heterocycles. The van der Waals surface area contributed by atoms with Crippen molar-refractivity contribution in [2.75, 3.05) is 11.4 Å². The molecule has 1 unspecified atom stereocenters. The van der Waals surface area contributed by atoms with E-state index in [0.29, 0.717) is 11.7 Å². The smallest absolute Gasteiger partial charge is 0.207 e. The highest BCUT2D eigenvalue weighted by Crippen LogP contribution is 2.27. The van der Waals surface area contributed by atoms with Gasteiger partial charge in [0.1, 0.15) is 6.07 Å². The summed E-state index contributed by atoms with van der Waals surface area (Å²) in [5.41, 5.74) is 1.30. The Balaban J connectivity index is 1.99. The zero-order valence-electron chi connectivity index (χ0n) is 12.2. The number of nitrogens with zero attached hydrogens (tertiary/aromatic N) is 5. The average Bonchev–Trinajstić information content (AvgIpc) is 2.99. The van der Waals surface area contributed by atoms with Gasteiger partial charge in [-0.15, -0.1) is 15.0 Å². The van der Waals surface area contributed by atoms with E-state index in [4.69, 9.17) is 0 Å². The fourth-order valence-electron chi connectivity index (χ4n) is 2.95. The molecule has 0 spiro atoms. The highest BCUT2D eigenvalue weighted by Gasteiger charge is 2.26. The topological polar surface area (TPSA) is 57.7 Å². The van der Waals surface area contributed by atoms with Crippen LogP contribution in [-0.2, 0) is 0 Å². The highest BCUT2D eigenvalue weighted by molar-refractivity contribution is 5.51. The third-order valence-electron chi connectivity index (χ3n) is 4.06. The van der Waals surface area contributed by atoms with Crippen LogP contribution in [0, 0.1) is 11.3 Å². The minimum Gasteiger partial charge on any atom is -0.350 e. The molecule has 1 aliphatic rings. The van der Waals surface area contributed by atoms with Gasteiger partial charge in [0.15, 0.2) is 5.82 Å². The van der Waals surface area contributed by atoms with Crippen LogP contribution >= 0.6 is 0 Å². The zero-order chi connectivity index (χ0) is 14.7. The van der Waals surface area contributed by atoms with E-state index < -0.39 is 0 Å². The largest absolute Gasteiger partial charge is 0.350 e. The van der Waals surface area contributed by atoms with Gasteiger partial charge in [-0.1, -0.05) is 25.1 Å². The summed E-state index contributed by atoms with van der Waals surface area (Å²) >= 11 is 0. The Morgan fingerprint density at radius 1 is 1.24 bits per heavy atom. The molecule has 0 aliphatic carbocycles. The average molecular weight is 281 g/mol. The van der Waals surface area contributed by atoms with Crippen molar-refractivity contribution in [2.45, 2.75) is 38.6 Å². The fourth-order valence-corrected chi connectivity index (χ4v) is 2.95. The van der Waals surface area contributed by atoms with Gasteiger partial charge < -0.3 is 4.90 Å². The van der Waals surface area contributed by atoms with Crippen molar-refractivity contribution in [3.8, 4) is 11.8 Å². The van der Waals surface area contributed by atoms with Crippen molar-refractivity contribution < 1.29 is 0 Å². The normalized spacial score (nSPS) is 18.5. The Morgan fingerprint density at radius 2 is 2.05 bits per heavy atom. The maximum atomic E-state index is 9.38. The van der Waals surface area contributed by atoms with Crippen LogP contribution in [0.3, 0.4) is 0 Å². The van der Waals surface area contributed by atoms with Crippen molar-refractivity contribution in [1.82, 2.24) is 15.0 Å². The maximum absolute atomic E-state index is 9.38. The summed E-state index contributed by atoms with van der Waals surface area (Å²) < 4.78 is 0. The second-order valence-electron chi connectivity index (χ2n) is 5.36. The standard InChI is InChI=1S/C16H19N5/c1-2-13-8-6-7-11-20(13)16-15(12-17)18-21(19-16)14-9-4-3-5-10-14/h3-5,9-10,13H,2,6-8,11H2,1H3. The van der Waals surface area contributed by atoms with Gasteiger partial charge in [0.2, 0.25) is 5.69 Å². The van der Waals surface area contributed by atoms with Crippen molar-refractivity contribution in [3.63, 3.8) is 0 Å². The summed E-state index contributed by atoms with van der Waals surface area (Å²) in [7, 11) is 0. The molecule has 21 heavy (non-hydrogen) atoms. The number of hydrogen-bond acceptors (Lipinski definition) is 4. The van der Waals surface area contributed by atoms with Crippen molar-refractivity contribution >= 4 is 5.82 Å². The third-order valence-corrected chi connectivity index (χ3v) is 4.06. The predicted octanol–water partition coefficient (Wildman–Crippen LogP) is 2.91. The van der Waals surface area contributed by atoms with Crippen molar-refractivity contribution in [2.24, 2.45) is 0 Å². The predicted molar refractivity (Wildman–Crippen MR) is 81.4 cm³/mol. The van der Waals surface area contributed by atoms with E-state index in [1.54, 1.807) is 4.80 Å². The molecular weight excluding hydrogens is 262 g/mol. The molecule has 3 rings (SSSR count). The lowest BCUT2D eigenvalue weighted by atomic mass is 10.00. The minimum atomic E-state index is 0.416. The number of benzene rings is 1. The molecule has 5 heteroatoms. The molecule has 0 amide bonds. The van der Waals surface area contributed by atoms with Gasteiger partial charge in [-0.2, -0.15) is 5.26 Å². The van der Waals surface area contributed by atoms with E-state index in [0.717, 1.165) is 30.9 Å². The Morgan fingerprint density at radius 3 is 2.76 bits per heavy atom. The number of hydrogen-bond donors (Lipinski definition) is 0. The second-order valence-corrected chi connectivity index (χ2v) is 5.36. The van der Waals surface area contributed by atoms with E-state index in [2.05, 4.69) is 28.1 Å². The first kappa shape index (κ1) is 13.6. The molecule has 1 atom stereocenters. The monoisotopic (exact) mass is 281 g/mol. The van der Waals surface area contributed by atoms with Crippen molar-refractivity contribution in [3.05, 3.63) is 36.0 Å². The van der Waals surface area contributed by atoms with E-state index in [9.17, 15) is 5.26 Å². The lowest BCUT2D eigenvalue weighted by Gasteiger charge is -2.35. The first-order valence-corrected chi connectivity index (χ1v) is 7.53. The van der Waals surface area contributed by atoms with Crippen LogP contribution in [0.25, 0.3) is 5.69 Å². The Kier molecular flexibility index (Phi) is 3.87. The molecule has 0 N–H and O–H groups in total. The van der Waals surface area contributed by atoms with E-state index >= 15 is 0 Å². The lowest BCUT2D eigenvalue weighted by molar-refractivity contribution is 0.446. The van der Waals surface area contributed by atoms with Gasteiger partial charge in [-0.3, -0.25) is 0 Å². The van der Waals surface area contributed by atoms with E-state index in [1.165, 1.54) is 12.8 Å². The number of para-hydroxylation sites is 1. The van der Waals surface area contributed by atoms with Gasteiger partial charge >= 0.3 is 0 Å². The molecule has 0 saturated carbocycles. The molecule has 5 nitrogen and oxygen atoms in total. The Labute approximate surface area is 124 Å². The minimum absolute atomic E-state index is 0.416. The van der Waals surface area contributed by atoms with Gasteiger partial charge in [-0.25, -0.2) is 0 Å². The molecule has 1 saturated heterocycles. The number of aromatic nitrogens is 3. The summed E-state index contributed by atoms with van der Waals surface area (Å²) in [6.07, 6.45) is 4.64. The molecule has 1 fully saturated rings. The zero-order valence-corrected chi connectivity index (χ0v) is 12.2. The molecule has 2 aromatic rings.